The van der Waals surface area contributed by atoms with Crippen LogP contribution in [0.4, 0.5) is 4.39 Å². The highest BCUT2D eigenvalue weighted by Crippen LogP contribution is 2.16. The van der Waals surface area contributed by atoms with Crippen LogP contribution in [0.25, 0.3) is 0 Å². The van der Waals surface area contributed by atoms with Gasteiger partial charge in [-0.2, -0.15) is 0 Å². The van der Waals surface area contributed by atoms with Gasteiger partial charge in [-0.25, -0.2) is 9.18 Å². The van der Waals surface area contributed by atoms with Gasteiger partial charge in [0.1, 0.15) is 6.10 Å². The number of hydrogen-bond acceptors (Lipinski definition) is 5. The first-order chi connectivity index (χ1) is 9.03. The van der Waals surface area contributed by atoms with Crippen molar-refractivity contribution < 1.29 is 19.3 Å². The average Bonchev–Trinajstić information content (AvgIpc) is 2.40. The molecule has 1 aromatic rings. The Bertz CT molecular complexity index is 557. The fourth-order valence-corrected chi connectivity index (χ4v) is 1.33. The fourth-order valence-electron chi connectivity index (χ4n) is 1.33. The third kappa shape index (κ3) is 3.75. The molecule has 2 atom stereocenters. The van der Waals surface area contributed by atoms with Crippen molar-refractivity contribution in [3.05, 3.63) is 33.1 Å². The Morgan fingerprint density at radius 3 is 2.58 bits per heavy atom. The van der Waals surface area contributed by atoms with Crippen molar-refractivity contribution in [2.75, 3.05) is 13.2 Å². The Hall–Kier alpha value is -1.95. The second-order valence-electron chi connectivity index (χ2n) is 3.60. The first-order valence-electron chi connectivity index (χ1n) is 5.32. The van der Waals surface area contributed by atoms with Crippen LogP contribution in [-0.2, 0) is 4.74 Å². The predicted octanol–water partition coefficient (Wildman–Crippen LogP) is -1.62. The summed E-state index contributed by atoms with van der Waals surface area (Å²) in [6.07, 6.45) is 1.29. The van der Waals surface area contributed by atoms with Gasteiger partial charge in [0.2, 0.25) is 6.17 Å². The smallest absolute Gasteiger partial charge is 0.330 e. The van der Waals surface area contributed by atoms with Gasteiger partial charge in [-0.15, -0.1) is 6.42 Å². The molecule has 0 amide bonds. The summed E-state index contributed by atoms with van der Waals surface area (Å²) in [6, 6.07) is 0.994. The number of aliphatic hydroxyl groups is 2. The van der Waals surface area contributed by atoms with Crippen LogP contribution in [0.3, 0.4) is 0 Å². The van der Waals surface area contributed by atoms with Crippen molar-refractivity contribution >= 4 is 0 Å². The molecular formula is C11H13FN2O5. The third-order valence-corrected chi connectivity index (χ3v) is 2.27. The number of aromatic amines is 1. The highest BCUT2D eigenvalue weighted by atomic mass is 19.1. The van der Waals surface area contributed by atoms with E-state index < -0.39 is 43.0 Å². The highest BCUT2D eigenvalue weighted by molar-refractivity contribution is 4.99. The van der Waals surface area contributed by atoms with Crippen LogP contribution in [0.2, 0.25) is 0 Å². The van der Waals surface area contributed by atoms with Gasteiger partial charge in [-0.1, -0.05) is 5.92 Å². The van der Waals surface area contributed by atoms with Crippen molar-refractivity contribution in [3.63, 3.8) is 0 Å². The lowest BCUT2D eigenvalue weighted by molar-refractivity contribution is -0.115. The first kappa shape index (κ1) is 15.1. The van der Waals surface area contributed by atoms with Gasteiger partial charge in [0.05, 0.1) is 13.2 Å². The molecule has 0 aliphatic carbocycles. The Kier molecular flexibility index (Phi) is 5.44. The summed E-state index contributed by atoms with van der Waals surface area (Å²) in [5, 5.41) is 17.8. The van der Waals surface area contributed by atoms with Gasteiger partial charge < -0.3 is 14.9 Å². The molecule has 0 aromatic carbocycles. The standard InChI is InChI=1S/C11H13FN2O5/c1-2-8(12)10(19-7(5-15)6-16)14-4-3-9(17)13-11(14)18/h1,3-4,7-8,10,15-16H,5-6H2,(H,13,17,18)/t8-,10+/m0/s1. The molecule has 7 nitrogen and oxygen atoms in total. The second-order valence-corrected chi connectivity index (χ2v) is 3.60. The minimum absolute atomic E-state index is 0.581. The number of aromatic nitrogens is 2. The third-order valence-electron chi connectivity index (χ3n) is 2.27. The predicted molar refractivity (Wildman–Crippen MR) is 63.1 cm³/mol. The van der Waals surface area contributed by atoms with Gasteiger partial charge in [-0.05, 0) is 0 Å². The van der Waals surface area contributed by atoms with Crippen LogP contribution >= 0.6 is 0 Å². The maximum absolute atomic E-state index is 13.6. The zero-order valence-electron chi connectivity index (χ0n) is 9.82. The SMILES string of the molecule is C#C[C@H](F)[C@@H](OC(CO)CO)n1ccc(=O)[nH]c1=O. The minimum atomic E-state index is -2.00. The van der Waals surface area contributed by atoms with Crippen molar-refractivity contribution in [1.82, 2.24) is 9.55 Å². The molecular weight excluding hydrogens is 259 g/mol. The van der Waals surface area contributed by atoms with Crippen molar-refractivity contribution in [2.24, 2.45) is 0 Å². The molecule has 19 heavy (non-hydrogen) atoms. The summed E-state index contributed by atoms with van der Waals surface area (Å²) < 4.78 is 19.4. The molecule has 0 spiro atoms. The van der Waals surface area contributed by atoms with E-state index >= 15 is 0 Å². The quantitative estimate of drug-likeness (QED) is 0.540. The Morgan fingerprint density at radius 1 is 1.47 bits per heavy atom. The van der Waals surface area contributed by atoms with E-state index in [4.69, 9.17) is 21.4 Å². The number of nitrogens with zero attached hydrogens (tertiary/aromatic N) is 1. The number of halogens is 1. The number of aliphatic hydroxyl groups excluding tert-OH is 2. The van der Waals surface area contributed by atoms with Gasteiger partial charge in [-0.3, -0.25) is 14.3 Å². The number of rotatable bonds is 6. The normalized spacial score (nSPS) is 14.1. The molecule has 0 aliphatic rings. The van der Waals surface area contributed by atoms with Gasteiger partial charge in [0.15, 0.2) is 6.23 Å². The molecule has 1 heterocycles. The van der Waals surface area contributed by atoms with Crippen molar-refractivity contribution in [1.29, 1.82) is 0 Å². The lowest BCUT2D eigenvalue weighted by Crippen LogP contribution is -2.39. The van der Waals surface area contributed by atoms with Crippen LogP contribution in [0, 0.1) is 12.3 Å². The van der Waals surface area contributed by atoms with Crippen molar-refractivity contribution in [2.45, 2.75) is 18.5 Å². The summed E-state index contributed by atoms with van der Waals surface area (Å²) in [7, 11) is 0. The first-order valence-corrected chi connectivity index (χ1v) is 5.32. The van der Waals surface area contributed by atoms with E-state index in [9.17, 15) is 14.0 Å². The number of terminal acetylenes is 1. The number of alkyl halides is 1. The lowest BCUT2D eigenvalue weighted by atomic mass is 10.3. The van der Waals surface area contributed by atoms with Gasteiger partial charge in [0.25, 0.3) is 5.56 Å². The van der Waals surface area contributed by atoms with E-state index in [1.807, 2.05) is 4.98 Å². The molecule has 0 fully saturated rings. The Morgan fingerprint density at radius 2 is 2.11 bits per heavy atom. The number of nitrogens with one attached hydrogen (secondary N) is 1. The highest BCUT2D eigenvalue weighted by Gasteiger charge is 2.26. The van der Waals surface area contributed by atoms with E-state index in [1.165, 1.54) is 0 Å². The van der Waals surface area contributed by atoms with Crippen molar-refractivity contribution in [3.8, 4) is 12.3 Å². The number of H-pyrrole nitrogens is 1. The molecule has 8 heteroatoms. The maximum Gasteiger partial charge on any atom is 0.330 e. The summed E-state index contributed by atoms with van der Waals surface area (Å²) in [5.74, 6) is 1.75. The van der Waals surface area contributed by atoms with E-state index in [0.29, 0.717) is 0 Å². The number of ether oxygens (including phenoxy) is 1. The van der Waals surface area contributed by atoms with Crippen LogP contribution in [0.1, 0.15) is 6.23 Å². The molecule has 104 valence electrons. The zero-order chi connectivity index (χ0) is 14.4. The van der Waals surface area contributed by atoms with Crippen LogP contribution < -0.4 is 11.2 Å². The topological polar surface area (TPSA) is 105 Å². The van der Waals surface area contributed by atoms with Crippen LogP contribution in [0.15, 0.2) is 21.9 Å². The van der Waals surface area contributed by atoms with Gasteiger partial charge in [0, 0.05) is 12.3 Å². The van der Waals surface area contributed by atoms with E-state index in [2.05, 4.69) is 0 Å². The Labute approximate surface area is 107 Å². The lowest BCUT2D eigenvalue weighted by Gasteiger charge is -2.24. The summed E-state index contributed by atoms with van der Waals surface area (Å²) in [4.78, 5) is 24.4. The fraction of sp³-hybridized carbons (Fsp3) is 0.455. The molecule has 3 N–H and O–H groups in total. The monoisotopic (exact) mass is 272 g/mol. The molecule has 0 unspecified atom stereocenters. The van der Waals surface area contributed by atoms with E-state index in [1.54, 1.807) is 5.92 Å². The molecule has 0 bridgehead atoms. The van der Waals surface area contributed by atoms with E-state index in [-0.39, 0.29) is 0 Å². The van der Waals surface area contributed by atoms with Gasteiger partial charge >= 0.3 is 5.69 Å². The van der Waals surface area contributed by atoms with E-state index in [0.717, 1.165) is 16.8 Å². The van der Waals surface area contributed by atoms with Crippen LogP contribution in [-0.4, -0.2) is 45.3 Å². The molecule has 0 saturated carbocycles. The molecule has 0 radical (unpaired) electrons. The molecule has 0 aliphatic heterocycles. The minimum Gasteiger partial charge on any atom is -0.394 e. The largest absolute Gasteiger partial charge is 0.394 e. The number of hydrogen-bond donors (Lipinski definition) is 3. The molecule has 0 saturated heterocycles. The Balaban J connectivity index is 3.13. The van der Waals surface area contributed by atoms with Crippen LogP contribution in [0.5, 0.6) is 0 Å². The summed E-state index contributed by atoms with van der Waals surface area (Å²) in [5.41, 5.74) is -1.57. The summed E-state index contributed by atoms with van der Waals surface area (Å²) in [6.45, 7) is -1.16. The maximum atomic E-state index is 13.6. The second kappa shape index (κ2) is 6.84. The molecule has 1 rings (SSSR count). The summed E-state index contributed by atoms with van der Waals surface area (Å²) >= 11 is 0. The zero-order valence-corrected chi connectivity index (χ0v) is 9.82. The average molecular weight is 272 g/mol. The molecule has 1 aromatic heterocycles.